The van der Waals surface area contributed by atoms with Crippen LogP contribution in [0.3, 0.4) is 0 Å². The zero-order valence-electron chi connectivity index (χ0n) is 21.7. The molecule has 1 amide bonds. The molecular weight excluding hydrogens is 506 g/mol. The van der Waals surface area contributed by atoms with Crippen molar-refractivity contribution in [2.24, 2.45) is 0 Å². The number of carbonyl (C=O) groups is 2. The fourth-order valence-electron chi connectivity index (χ4n) is 4.45. The van der Waals surface area contributed by atoms with Crippen LogP contribution in [0.1, 0.15) is 43.5 Å². The molecular formula is C30H30ClNO6. The van der Waals surface area contributed by atoms with Crippen molar-refractivity contribution in [3.8, 4) is 17.2 Å². The molecule has 1 heterocycles. The molecule has 1 unspecified atom stereocenters. The Morgan fingerprint density at radius 1 is 1.00 bits per heavy atom. The van der Waals surface area contributed by atoms with Gasteiger partial charge in [-0.05, 0) is 74.4 Å². The molecule has 0 radical (unpaired) electrons. The predicted molar refractivity (Wildman–Crippen MR) is 146 cm³/mol. The van der Waals surface area contributed by atoms with Crippen molar-refractivity contribution in [2.75, 3.05) is 13.7 Å². The van der Waals surface area contributed by atoms with Gasteiger partial charge in [-0.3, -0.25) is 9.59 Å². The summed E-state index contributed by atoms with van der Waals surface area (Å²) in [5.74, 6) is -0.118. The van der Waals surface area contributed by atoms with Crippen molar-refractivity contribution in [3.63, 3.8) is 0 Å². The van der Waals surface area contributed by atoms with Crippen LogP contribution in [0.25, 0.3) is 5.76 Å². The molecule has 0 bridgehead atoms. The maximum absolute atomic E-state index is 13.4. The van der Waals surface area contributed by atoms with E-state index in [0.29, 0.717) is 29.4 Å². The van der Waals surface area contributed by atoms with Crippen molar-refractivity contribution in [1.82, 2.24) is 4.90 Å². The first kappa shape index (κ1) is 27.1. The third-order valence-electron chi connectivity index (χ3n) is 6.10. The summed E-state index contributed by atoms with van der Waals surface area (Å²) in [5, 5.41) is 11.7. The van der Waals surface area contributed by atoms with E-state index in [1.807, 2.05) is 32.9 Å². The van der Waals surface area contributed by atoms with Gasteiger partial charge in [0.1, 0.15) is 23.0 Å². The molecule has 8 heteroatoms. The zero-order chi connectivity index (χ0) is 27.4. The van der Waals surface area contributed by atoms with Gasteiger partial charge >= 0.3 is 0 Å². The Bertz CT molecular complexity index is 1370. The number of ketones is 1. The number of hydrogen-bond donors (Lipinski definition) is 1. The lowest BCUT2D eigenvalue weighted by Crippen LogP contribution is -2.29. The number of amides is 1. The van der Waals surface area contributed by atoms with E-state index >= 15 is 0 Å². The number of Topliss-reactive ketones (excluding diaryl/α,β-unsaturated/α-hetero) is 1. The summed E-state index contributed by atoms with van der Waals surface area (Å²) >= 11 is 6.43. The fourth-order valence-corrected chi connectivity index (χ4v) is 4.65. The molecule has 0 aliphatic carbocycles. The second kappa shape index (κ2) is 11.6. The Labute approximate surface area is 227 Å². The average molecular weight is 536 g/mol. The Balaban J connectivity index is 1.85. The highest BCUT2D eigenvalue weighted by Crippen LogP contribution is 2.42. The lowest BCUT2D eigenvalue weighted by atomic mass is 9.95. The Hall–Kier alpha value is -3.97. The highest BCUT2D eigenvalue weighted by atomic mass is 35.5. The van der Waals surface area contributed by atoms with E-state index in [1.54, 1.807) is 61.7 Å². The van der Waals surface area contributed by atoms with E-state index in [9.17, 15) is 14.7 Å². The van der Waals surface area contributed by atoms with Crippen molar-refractivity contribution < 1.29 is 28.9 Å². The number of likely N-dealkylation sites (tertiary alicyclic amines) is 1. The van der Waals surface area contributed by atoms with Gasteiger partial charge in [-0.2, -0.15) is 0 Å². The van der Waals surface area contributed by atoms with Crippen LogP contribution in [0.15, 0.2) is 72.3 Å². The minimum Gasteiger partial charge on any atom is -0.507 e. The van der Waals surface area contributed by atoms with Crippen LogP contribution in [0.2, 0.25) is 5.02 Å². The molecule has 198 valence electrons. The van der Waals surface area contributed by atoms with Crippen LogP contribution >= 0.6 is 11.6 Å². The van der Waals surface area contributed by atoms with E-state index in [4.69, 9.17) is 25.8 Å². The number of hydrogen-bond acceptors (Lipinski definition) is 6. The Kier molecular flexibility index (Phi) is 8.27. The Morgan fingerprint density at radius 2 is 1.71 bits per heavy atom. The minimum absolute atomic E-state index is 0.0145. The lowest BCUT2D eigenvalue weighted by molar-refractivity contribution is -0.140. The lowest BCUT2D eigenvalue weighted by Gasteiger charge is -2.26. The number of benzene rings is 3. The summed E-state index contributed by atoms with van der Waals surface area (Å²) < 4.78 is 16.6. The standard InChI is InChI=1S/C30H30ClNO6/c1-5-37-23-13-14-25(31)24(16-23)28(33)26-27(20-9-11-21(12-10-20)38-18(2)3)32(30(35)29(26)34)17-19-7-6-8-22(15-19)36-4/h6-16,18,27,33H,5,17H2,1-4H3/b28-26+. The molecule has 0 aromatic heterocycles. The molecule has 1 aliphatic heterocycles. The molecule has 1 saturated heterocycles. The van der Waals surface area contributed by atoms with Gasteiger partial charge < -0.3 is 24.2 Å². The normalized spacial score (nSPS) is 16.7. The molecule has 0 saturated carbocycles. The number of rotatable bonds is 9. The number of aliphatic hydroxyl groups is 1. The number of carbonyl (C=O) groups excluding carboxylic acids is 2. The Morgan fingerprint density at radius 3 is 2.37 bits per heavy atom. The van der Waals surface area contributed by atoms with Crippen molar-refractivity contribution in [1.29, 1.82) is 0 Å². The summed E-state index contributed by atoms with van der Waals surface area (Å²) in [6.07, 6.45) is -0.0145. The SMILES string of the molecule is CCOc1ccc(Cl)c(/C(O)=C2\C(=O)C(=O)N(Cc3cccc(OC)c3)C2c2ccc(OC(C)C)cc2)c1. The van der Waals surface area contributed by atoms with Crippen LogP contribution < -0.4 is 14.2 Å². The van der Waals surface area contributed by atoms with E-state index in [0.717, 1.165) is 5.56 Å². The van der Waals surface area contributed by atoms with E-state index < -0.39 is 17.7 Å². The van der Waals surface area contributed by atoms with Crippen LogP contribution in [0.4, 0.5) is 0 Å². The maximum atomic E-state index is 13.4. The molecule has 3 aromatic rings. The van der Waals surface area contributed by atoms with Gasteiger partial charge in [0.15, 0.2) is 0 Å². The largest absolute Gasteiger partial charge is 0.507 e. The highest BCUT2D eigenvalue weighted by molar-refractivity contribution is 6.47. The van der Waals surface area contributed by atoms with E-state index in [-0.39, 0.29) is 34.6 Å². The van der Waals surface area contributed by atoms with E-state index in [1.165, 1.54) is 4.90 Å². The van der Waals surface area contributed by atoms with Crippen LogP contribution in [0, 0.1) is 0 Å². The van der Waals surface area contributed by atoms with Gasteiger partial charge in [0, 0.05) is 12.1 Å². The third-order valence-corrected chi connectivity index (χ3v) is 6.43. The van der Waals surface area contributed by atoms with Gasteiger partial charge in [0.05, 0.1) is 36.5 Å². The number of methoxy groups -OCH3 is 1. The highest BCUT2D eigenvalue weighted by Gasteiger charge is 2.46. The maximum Gasteiger partial charge on any atom is 0.295 e. The monoisotopic (exact) mass is 535 g/mol. The quantitative estimate of drug-likeness (QED) is 0.201. The van der Waals surface area contributed by atoms with Gasteiger partial charge in [-0.25, -0.2) is 0 Å². The minimum atomic E-state index is -0.860. The van der Waals surface area contributed by atoms with Gasteiger partial charge in [0.2, 0.25) is 0 Å². The van der Waals surface area contributed by atoms with E-state index in [2.05, 4.69) is 0 Å². The first-order valence-electron chi connectivity index (χ1n) is 12.3. The first-order valence-corrected chi connectivity index (χ1v) is 12.7. The van der Waals surface area contributed by atoms with Crippen molar-refractivity contribution in [3.05, 3.63) is 94.0 Å². The summed E-state index contributed by atoms with van der Waals surface area (Å²) in [4.78, 5) is 28.3. The fraction of sp³-hybridized carbons (Fsp3) is 0.267. The average Bonchev–Trinajstić information content (AvgIpc) is 3.14. The van der Waals surface area contributed by atoms with Gasteiger partial charge in [-0.15, -0.1) is 0 Å². The molecule has 3 aromatic carbocycles. The second-order valence-electron chi connectivity index (χ2n) is 9.09. The molecule has 38 heavy (non-hydrogen) atoms. The van der Waals surface area contributed by atoms with Crippen molar-refractivity contribution >= 4 is 29.1 Å². The first-order chi connectivity index (χ1) is 18.2. The molecule has 1 fully saturated rings. The molecule has 1 atom stereocenters. The number of nitrogens with zero attached hydrogens (tertiary/aromatic N) is 1. The number of ether oxygens (including phenoxy) is 3. The number of aliphatic hydroxyl groups excluding tert-OH is 1. The van der Waals surface area contributed by atoms with Crippen LogP contribution in [-0.2, 0) is 16.1 Å². The van der Waals surface area contributed by atoms with Crippen molar-refractivity contribution in [2.45, 2.75) is 39.5 Å². The van der Waals surface area contributed by atoms with Crippen LogP contribution in [-0.4, -0.2) is 41.5 Å². The predicted octanol–water partition coefficient (Wildman–Crippen LogP) is 6.16. The summed E-state index contributed by atoms with van der Waals surface area (Å²) in [6, 6.07) is 18.4. The second-order valence-corrected chi connectivity index (χ2v) is 9.50. The van der Waals surface area contributed by atoms with Crippen LogP contribution in [0.5, 0.6) is 17.2 Å². The van der Waals surface area contributed by atoms with Gasteiger partial charge in [0.25, 0.3) is 11.7 Å². The summed E-state index contributed by atoms with van der Waals surface area (Å²) in [7, 11) is 1.56. The smallest absolute Gasteiger partial charge is 0.295 e. The molecule has 1 aliphatic rings. The summed E-state index contributed by atoms with van der Waals surface area (Å²) in [5.41, 5.74) is 1.57. The third kappa shape index (κ3) is 5.63. The topological polar surface area (TPSA) is 85.3 Å². The molecule has 0 spiro atoms. The number of halogens is 1. The zero-order valence-corrected chi connectivity index (χ0v) is 22.5. The van der Waals surface area contributed by atoms with Gasteiger partial charge in [-0.1, -0.05) is 35.9 Å². The molecule has 7 nitrogen and oxygen atoms in total. The summed E-state index contributed by atoms with van der Waals surface area (Å²) in [6.45, 7) is 6.23. The molecule has 1 N–H and O–H groups in total. The molecule has 4 rings (SSSR count).